The number of amides is 1. The van der Waals surface area contributed by atoms with Gasteiger partial charge in [-0.25, -0.2) is 9.97 Å². The normalized spacial score (nSPS) is 10.8. The summed E-state index contributed by atoms with van der Waals surface area (Å²) in [4.78, 5) is 20.6. The van der Waals surface area contributed by atoms with Gasteiger partial charge in [-0.05, 0) is 41.8 Å². The van der Waals surface area contributed by atoms with Crippen molar-refractivity contribution in [2.75, 3.05) is 5.32 Å². The molecule has 5 nitrogen and oxygen atoms in total. The first-order chi connectivity index (χ1) is 12.7. The zero-order valence-corrected chi connectivity index (χ0v) is 14.5. The number of benzene rings is 2. The second kappa shape index (κ2) is 6.93. The van der Waals surface area contributed by atoms with Crippen LogP contribution in [0.15, 0.2) is 66.9 Å². The molecule has 2 aromatic heterocycles. The monoisotopic (exact) mass is 361 g/mol. The molecule has 2 heterocycles. The third-order valence-electron chi connectivity index (χ3n) is 3.93. The summed E-state index contributed by atoms with van der Waals surface area (Å²) in [6.07, 6.45) is 2.31. The van der Waals surface area contributed by atoms with E-state index < -0.39 is 5.91 Å². The Morgan fingerprint density at radius 3 is 2.69 bits per heavy atom. The Morgan fingerprint density at radius 1 is 1.04 bits per heavy atom. The summed E-state index contributed by atoms with van der Waals surface area (Å²) in [5.41, 5.74) is 3.24. The average molecular weight is 361 g/mol. The maximum absolute atomic E-state index is 12.3. The van der Waals surface area contributed by atoms with Gasteiger partial charge in [-0.1, -0.05) is 47.7 Å². The Bertz CT molecular complexity index is 1080. The molecule has 4 rings (SSSR count). The van der Waals surface area contributed by atoms with Crippen LogP contribution < -0.4 is 5.32 Å². The van der Waals surface area contributed by atoms with Crippen LogP contribution in [0.3, 0.4) is 0 Å². The van der Waals surface area contributed by atoms with Crippen LogP contribution in [0.4, 0.5) is 5.13 Å². The lowest BCUT2D eigenvalue weighted by atomic mass is 10.1. The predicted molar refractivity (Wildman–Crippen MR) is 103 cm³/mol. The summed E-state index contributed by atoms with van der Waals surface area (Å²) < 4.78 is 0.999. The van der Waals surface area contributed by atoms with E-state index in [9.17, 15) is 9.90 Å². The number of thiazole rings is 1. The van der Waals surface area contributed by atoms with Crippen molar-refractivity contribution in [1.82, 2.24) is 9.97 Å². The highest BCUT2D eigenvalue weighted by molar-refractivity contribution is 7.22. The van der Waals surface area contributed by atoms with E-state index in [2.05, 4.69) is 33.5 Å². The Balaban J connectivity index is 1.56. The van der Waals surface area contributed by atoms with E-state index in [-0.39, 0.29) is 11.4 Å². The van der Waals surface area contributed by atoms with Crippen LogP contribution in [0.5, 0.6) is 5.75 Å². The fourth-order valence-corrected chi connectivity index (χ4v) is 3.62. The number of aromatic nitrogens is 2. The van der Waals surface area contributed by atoms with Crippen LogP contribution in [0, 0.1) is 0 Å². The number of hydrogen-bond acceptors (Lipinski definition) is 5. The minimum absolute atomic E-state index is 0.0171. The van der Waals surface area contributed by atoms with Gasteiger partial charge in [0.05, 0.1) is 10.2 Å². The molecule has 26 heavy (non-hydrogen) atoms. The smallest absolute Gasteiger partial charge is 0.279 e. The van der Waals surface area contributed by atoms with Crippen molar-refractivity contribution in [3.8, 4) is 5.75 Å². The molecule has 1 amide bonds. The van der Waals surface area contributed by atoms with E-state index in [4.69, 9.17) is 0 Å². The van der Waals surface area contributed by atoms with Crippen molar-refractivity contribution in [2.45, 2.75) is 6.42 Å². The molecule has 6 heteroatoms. The van der Waals surface area contributed by atoms with E-state index in [1.807, 2.05) is 30.3 Å². The Hall–Kier alpha value is -3.25. The van der Waals surface area contributed by atoms with E-state index in [0.29, 0.717) is 5.13 Å². The van der Waals surface area contributed by atoms with E-state index >= 15 is 0 Å². The lowest BCUT2D eigenvalue weighted by Crippen LogP contribution is -2.13. The Kier molecular flexibility index (Phi) is 4.33. The molecule has 0 atom stereocenters. The largest absolute Gasteiger partial charge is 0.505 e. The minimum Gasteiger partial charge on any atom is -0.505 e. The van der Waals surface area contributed by atoms with Crippen LogP contribution in [0.2, 0.25) is 0 Å². The fourth-order valence-electron chi connectivity index (χ4n) is 2.69. The van der Waals surface area contributed by atoms with Gasteiger partial charge in [-0.15, -0.1) is 0 Å². The number of carbonyl (C=O) groups excluding carboxylic acids is 1. The van der Waals surface area contributed by atoms with Crippen LogP contribution in [0.1, 0.15) is 21.6 Å². The molecule has 2 aromatic carbocycles. The van der Waals surface area contributed by atoms with Crippen LogP contribution in [-0.2, 0) is 6.42 Å². The lowest BCUT2D eigenvalue weighted by Gasteiger charge is -2.02. The number of aromatic hydroxyl groups is 1. The van der Waals surface area contributed by atoms with Gasteiger partial charge in [-0.2, -0.15) is 0 Å². The summed E-state index contributed by atoms with van der Waals surface area (Å²) in [5, 5.41) is 12.9. The minimum atomic E-state index is -0.480. The molecule has 0 aliphatic rings. The number of anilines is 1. The maximum atomic E-state index is 12.3. The highest BCUT2D eigenvalue weighted by atomic mass is 32.1. The molecule has 0 bridgehead atoms. The quantitative estimate of drug-likeness (QED) is 0.570. The number of nitrogens with zero attached hydrogens (tertiary/aromatic N) is 2. The van der Waals surface area contributed by atoms with E-state index in [0.717, 1.165) is 16.6 Å². The van der Waals surface area contributed by atoms with Gasteiger partial charge >= 0.3 is 0 Å². The fraction of sp³-hybridized carbons (Fsp3) is 0.0500. The third kappa shape index (κ3) is 3.41. The number of hydrogen-bond donors (Lipinski definition) is 2. The predicted octanol–water partition coefficient (Wildman–Crippen LogP) is 4.24. The summed E-state index contributed by atoms with van der Waals surface area (Å²) in [7, 11) is 0. The molecule has 0 radical (unpaired) electrons. The Labute approximate surface area is 154 Å². The van der Waals surface area contributed by atoms with Gasteiger partial charge in [0.25, 0.3) is 5.91 Å². The molecule has 0 spiro atoms. The molecule has 0 aliphatic heterocycles. The molecular formula is C20H15N3O2S. The van der Waals surface area contributed by atoms with Gasteiger partial charge in [-0.3, -0.25) is 10.1 Å². The van der Waals surface area contributed by atoms with Gasteiger partial charge in [0.1, 0.15) is 5.75 Å². The SMILES string of the molecule is O=C(Nc1nc2ccc(Cc3ccccc3)cc2s1)c1ncccc1O. The van der Waals surface area contributed by atoms with Crippen molar-refractivity contribution < 1.29 is 9.90 Å². The molecule has 0 aliphatic carbocycles. The molecule has 0 saturated carbocycles. The van der Waals surface area contributed by atoms with Gasteiger partial charge < -0.3 is 5.11 Å². The highest BCUT2D eigenvalue weighted by Crippen LogP contribution is 2.28. The topological polar surface area (TPSA) is 75.1 Å². The number of fused-ring (bicyclic) bond motifs is 1. The molecule has 0 fully saturated rings. The van der Waals surface area contributed by atoms with Gasteiger partial charge in [0.15, 0.2) is 10.8 Å². The number of carbonyl (C=O) groups is 1. The van der Waals surface area contributed by atoms with Crippen LogP contribution >= 0.6 is 11.3 Å². The molecule has 2 N–H and O–H groups in total. The first-order valence-corrected chi connectivity index (χ1v) is 8.89. The summed E-state index contributed by atoms with van der Waals surface area (Å²) in [6.45, 7) is 0. The zero-order chi connectivity index (χ0) is 17.9. The number of pyridine rings is 1. The third-order valence-corrected chi connectivity index (χ3v) is 4.86. The first kappa shape index (κ1) is 16.2. The lowest BCUT2D eigenvalue weighted by molar-refractivity contribution is 0.101. The van der Waals surface area contributed by atoms with Crippen LogP contribution in [0.25, 0.3) is 10.2 Å². The van der Waals surface area contributed by atoms with Crippen molar-refractivity contribution >= 4 is 32.6 Å². The van der Waals surface area contributed by atoms with Crippen LogP contribution in [-0.4, -0.2) is 21.0 Å². The molecule has 4 aromatic rings. The molecule has 128 valence electrons. The molecular weight excluding hydrogens is 346 g/mol. The van der Waals surface area contributed by atoms with E-state index in [1.54, 1.807) is 6.07 Å². The standard InChI is InChI=1S/C20H15N3O2S/c24-16-7-4-10-21-18(16)19(25)23-20-22-15-9-8-14(12-17(15)26-20)11-13-5-2-1-3-6-13/h1-10,12,24H,11H2,(H,22,23,25). The number of rotatable bonds is 4. The summed E-state index contributed by atoms with van der Waals surface area (Å²) in [6, 6.07) is 19.3. The second-order valence-electron chi connectivity index (χ2n) is 5.81. The van der Waals surface area contributed by atoms with Gasteiger partial charge in [0.2, 0.25) is 0 Å². The molecule has 0 saturated heterocycles. The average Bonchev–Trinajstić information content (AvgIpc) is 3.04. The maximum Gasteiger partial charge on any atom is 0.279 e. The van der Waals surface area contributed by atoms with Crippen molar-refractivity contribution in [3.63, 3.8) is 0 Å². The van der Waals surface area contributed by atoms with Crippen molar-refractivity contribution in [3.05, 3.63) is 83.7 Å². The Morgan fingerprint density at radius 2 is 1.88 bits per heavy atom. The summed E-state index contributed by atoms with van der Waals surface area (Å²) >= 11 is 1.40. The number of nitrogens with one attached hydrogen (secondary N) is 1. The van der Waals surface area contributed by atoms with Crippen molar-refractivity contribution in [1.29, 1.82) is 0 Å². The zero-order valence-electron chi connectivity index (χ0n) is 13.7. The van der Waals surface area contributed by atoms with Crippen molar-refractivity contribution in [2.24, 2.45) is 0 Å². The highest BCUT2D eigenvalue weighted by Gasteiger charge is 2.14. The van der Waals surface area contributed by atoms with Gasteiger partial charge in [0, 0.05) is 6.20 Å². The first-order valence-electron chi connectivity index (χ1n) is 8.08. The van der Waals surface area contributed by atoms with E-state index in [1.165, 1.54) is 34.7 Å². The second-order valence-corrected chi connectivity index (χ2v) is 6.84. The summed E-state index contributed by atoms with van der Waals surface area (Å²) in [5.74, 6) is -0.636. The molecule has 0 unspecified atom stereocenters.